The third-order valence-electron chi connectivity index (χ3n) is 3.01. The number of methoxy groups -OCH3 is 1. The molecule has 6 nitrogen and oxygen atoms in total. The van der Waals surface area contributed by atoms with Gasteiger partial charge < -0.3 is 18.9 Å². The van der Waals surface area contributed by atoms with Crippen LogP contribution in [0.4, 0.5) is 0 Å². The highest BCUT2D eigenvalue weighted by molar-refractivity contribution is 5.75. The van der Waals surface area contributed by atoms with Crippen molar-refractivity contribution in [1.82, 2.24) is 0 Å². The van der Waals surface area contributed by atoms with Crippen molar-refractivity contribution in [2.45, 2.75) is 52.1 Å². The monoisotopic (exact) mass is 338 g/mol. The summed E-state index contributed by atoms with van der Waals surface area (Å²) in [5.74, 6) is 0.116. The van der Waals surface area contributed by atoms with Gasteiger partial charge in [-0.1, -0.05) is 12.1 Å². The fourth-order valence-corrected chi connectivity index (χ4v) is 1.98. The predicted octanol–water partition coefficient (Wildman–Crippen LogP) is 2.53. The lowest BCUT2D eigenvalue weighted by Crippen LogP contribution is -2.32. The van der Waals surface area contributed by atoms with Crippen LogP contribution in [-0.4, -0.2) is 44.0 Å². The highest BCUT2D eigenvalue weighted by atomic mass is 16.7. The topological polar surface area (TPSA) is 71.1 Å². The molecule has 0 bridgehead atoms. The zero-order valence-corrected chi connectivity index (χ0v) is 14.9. The van der Waals surface area contributed by atoms with Crippen LogP contribution in [0.5, 0.6) is 5.75 Å². The van der Waals surface area contributed by atoms with Crippen molar-refractivity contribution in [3.05, 3.63) is 29.8 Å². The Morgan fingerprint density at radius 3 is 2.29 bits per heavy atom. The normalized spacial score (nSPS) is 13.9. The second-order valence-corrected chi connectivity index (χ2v) is 6.18. The van der Waals surface area contributed by atoms with Gasteiger partial charge in [0.15, 0.2) is 12.4 Å². The van der Waals surface area contributed by atoms with Crippen LogP contribution in [0.1, 0.15) is 33.3 Å². The molecule has 1 aromatic carbocycles. The van der Waals surface area contributed by atoms with Crippen molar-refractivity contribution in [2.75, 3.05) is 13.7 Å². The third kappa shape index (κ3) is 7.10. The van der Waals surface area contributed by atoms with E-state index < -0.39 is 18.0 Å². The number of hydrogen-bond donors (Lipinski definition) is 0. The summed E-state index contributed by atoms with van der Waals surface area (Å²) in [5.41, 5.74) is 0.401. The fraction of sp³-hybridized carbons (Fsp3) is 0.556. The Bertz CT molecular complexity index is 517. The molecule has 0 amide bonds. The smallest absolute Gasteiger partial charge is 0.335 e. The quantitative estimate of drug-likeness (QED) is 0.391. The van der Waals surface area contributed by atoms with Crippen LogP contribution < -0.4 is 4.74 Å². The molecule has 0 aliphatic heterocycles. The Hall–Kier alpha value is -1.92. The second kappa shape index (κ2) is 9.39. The zero-order chi connectivity index (χ0) is 18.2. The molecule has 0 aliphatic rings. The first-order valence-electron chi connectivity index (χ1n) is 7.87. The Labute approximate surface area is 143 Å². The molecule has 134 valence electrons. The summed E-state index contributed by atoms with van der Waals surface area (Å²) < 4.78 is 21.1. The van der Waals surface area contributed by atoms with E-state index in [1.165, 1.54) is 7.11 Å². The molecule has 0 radical (unpaired) electrons. The Kier molecular flexibility index (Phi) is 7.88. The average molecular weight is 338 g/mol. The van der Waals surface area contributed by atoms with Gasteiger partial charge in [-0.15, -0.1) is 0 Å². The molecule has 24 heavy (non-hydrogen) atoms. The molecule has 0 aromatic heterocycles. The number of rotatable bonds is 9. The molecular weight excluding hydrogens is 312 g/mol. The number of carbonyl (C=O) groups is 2. The summed E-state index contributed by atoms with van der Waals surface area (Å²) in [6.07, 6.45) is -0.614. The summed E-state index contributed by atoms with van der Waals surface area (Å²) in [6, 6.07) is 7.05. The van der Waals surface area contributed by atoms with E-state index in [1.54, 1.807) is 31.2 Å². The number of benzene rings is 1. The number of aldehydes is 1. The first-order valence-corrected chi connectivity index (χ1v) is 7.87. The Balaban J connectivity index is 2.67. The Morgan fingerprint density at radius 1 is 1.21 bits per heavy atom. The van der Waals surface area contributed by atoms with Crippen molar-refractivity contribution in [2.24, 2.45) is 0 Å². The van der Waals surface area contributed by atoms with E-state index in [0.717, 1.165) is 5.56 Å². The maximum atomic E-state index is 11.7. The first kappa shape index (κ1) is 20.1. The maximum Gasteiger partial charge on any atom is 0.335 e. The van der Waals surface area contributed by atoms with Gasteiger partial charge in [0.1, 0.15) is 5.75 Å². The average Bonchev–Trinajstić information content (AvgIpc) is 2.52. The molecule has 0 fully saturated rings. The van der Waals surface area contributed by atoms with Crippen molar-refractivity contribution in [3.63, 3.8) is 0 Å². The van der Waals surface area contributed by atoms with Gasteiger partial charge >= 0.3 is 5.97 Å². The lowest BCUT2D eigenvalue weighted by molar-refractivity contribution is -0.161. The van der Waals surface area contributed by atoms with E-state index in [4.69, 9.17) is 18.9 Å². The van der Waals surface area contributed by atoms with E-state index in [-0.39, 0.29) is 5.97 Å². The van der Waals surface area contributed by atoms with E-state index in [9.17, 15) is 9.59 Å². The fourth-order valence-electron chi connectivity index (χ4n) is 1.98. The lowest BCUT2D eigenvalue weighted by atomic mass is 10.1. The summed E-state index contributed by atoms with van der Waals surface area (Å²) >= 11 is 0. The van der Waals surface area contributed by atoms with Gasteiger partial charge in [-0.05, 0) is 45.4 Å². The number of carbonyl (C=O) groups excluding carboxylic acids is 2. The van der Waals surface area contributed by atoms with Gasteiger partial charge in [-0.3, -0.25) is 4.79 Å². The predicted molar refractivity (Wildman–Crippen MR) is 88.9 cm³/mol. The molecule has 6 heteroatoms. The standard InChI is InChI=1S/C18H26O6/c1-6-22-17(20)15(21-5)11-13-7-9-14(10-8-13)23-16(12-19)24-18(2,3)4/h7-10,12,15-16H,6,11H2,1-5H3/t15-,16?/m0/s1. The zero-order valence-electron chi connectivity index (χ0n) is 14.9. The lowest BCUT2D eigenvalue weighted by Gasteiger charge is -2.24. The van der Waals surface area contributed by atoms with Crippen LogP contribution in [0.15, 0.2) is 24.3 Å². The van der Waals surface area contributed by atoms with Gasteiger partial charge in [0.25, 0.3) is 6.29 Å². The second-order valence-electron chi connectivity index (χ2n) is 6.18. The molecule has 1 rings (SSSR count). The van der Waals surface area contributed by atoms with E-state index in [2.05, 4.69) is 0 Å². The van der Waals surface area contributed by atoms with E-state index in [0.29, 0.717) is 25.1 Å². The highest BCUT2D eigenvalue weighted by Gasteiger charge is 2.21. The third-order valence-corrected chi connectivity index (χ3v) is 3.01. The number of esters is 1. The summed E-state index contributed by atoms with van der Waals surface area (Å²) in [5, 5.41) is 0. The van der Waals surface area contributed by atoms with Gasteiger partial charge in [0.05, 0.1) is 12.2 Å². The molecule has 0 heterocycles. The minimum Gasteiger partial charge on any atom is -0.464 e. The van der Waals surface area contributed by atoms with Crippen LogP contribution in [0.2, 0.25) is 0 Å². The van der Waals surface area contributed by atoms with E-state index >= 15 is 0 Å². The van der Waals surface area contributed by atoms with Gasteiger partial charge in [-0.2, -0.15) is 0 Å². The van der Waals surface area contributed by atoms with Crippen molar-refractivity contribution >= 4 is 12.3 Å². The number of hydrogen-bond acceptors (Lipinski definition) is 6. The van der Waals surface area contributed by atoms with Gasteiger partial charge in [-0.25, -0.2) is 4.79 Å². The molecule has 0 saturated heterocycles. The molecule has 1 aromatic rings. The van der Waals surface area contributed by atoms with E-state index in [1.807, 2.05) is 20.8 Å². The van der Waals surface area contributed by atoms with Gasteiger partial charge in [0, 0.05) is 13.5 Å². The molecule has 0 saturated carbocycles. The highest BCUT2D eigenvalue weighted by Crippen LogP contribution is 2.18. The van der Waals surface area contributed by atoms with Gasteiger partial charge in [0.2, 0.25) is 0 Å². The minimum atomic E-state index is -0.970. The van der Waals surface area contributed by atoms with Crippen molar-refractivity contribution in [1.29, 1.82) is 0 Å². The summed E-state index contributed by atoms with van der Waals surface area (Å²) in [6.45, 7) is 7.59. The maximum absolute atomic E-state index is 11.7. The minimum absolute atomic E-state index is 0.312. The molecule has 0 N–H and O–H groups in total. The van der Waals surface area contributed by atoms with Crippen LogP contribution in [0.3, 0.4) is 0 Å². The SMILES string of the molecule is CCOC(=O)[C@H](Cc1ccc(OC(C=O)OC(C)(C)C)cc1)OC. The van der Waals surface area contributed by atoms with Crippen molar-refractivity contribution in [3.8, 4) is 5.75 Å². The summed E-state index contributed by atoms with van der Waals surface area (Å²) in [4.78, 5) is 22.8. The largest absolute Gasteiger partial charge is 0.464 e. The van der Waals surface area contributed by atoms with Crippen molar-refractivity contribution < 1.29 is 28.5 Å². The molecule has 0 aliphatic carbocycles. The molecule has 0 spiro atoms. The van der Waals surface area contributed by atoms with Crippen LogP contribution in [-0.2, 0) is 30.2 Å². The first-order chi connectivity index (χ1) is 11.3. The van der Waals surface area contributed by atoms with Crippen LogP contribution in [0.25, 0.3) is 0 Å². The number of ether oxygens (including phenoxy) is 4. The molecule has 1 unspecified atom stereocenters. The van der Waals surface area contributed by atoms with Crippen LogP contribution >= 0.6 is 0 Å². The molecular formula is C18H26O6. The molecule has 2 atom stereocenters. The summed E-state index contributed by atoms with van der Waals surface area (Å²) in [7, 11) is 1.47. The Morgan fingerprint density at radius 2 is 1.83 bits per heavy atom. The van der Waals surface area contributed by atoms with Crippen LogP contribution in [0, 0.1) is 0 Å².